The summed E-state index contributed by atoms with van der Waals surface area (Å²) in [4.78, 5) is 24.9. The van der Waals surface area contributed by atoms with Crippen LogP contribution in [-0.4, -0.2) is 43.6 Å². The number of nitrogens with one attached hydrogen (secondary N) is 1. The van der Waals surface area contributed by atoms with Crippen molar-refractivity contribution in [3.05, 3.63) is 0 Å². The Bertz CT molecular complexity index is 428. The fourth-order valence-corrected chi connectivity index (χ4v) is 5.58. The van der Waals surface area contributed by atoms with Gasteiger partial charge in [0.1, 0.15) is 6.54 Å². The Kier molecular flexibility index (Phi) is 4.08. The smallest absolute Gasteiger partial charge is 0.409 e. The fourth-order valence-electron chi connectivity index (χ4n) is 5.58. The normalized spacial score (nSPS) is 36.8. The Morgan fingerprint density at radius 3 is 2.14 bits per heavy atom. The molecule has 0 radical (unpaired) electrons. The van der Waals surface area contributed by atoms with Gasteiger partial charge in [0.05, 0.1) is 7.11 Å². The van der Waals surface area contributed by atoms with E-state index in [-0.39, 0.29) is 18.5 Å². The van der Waals surface area contributed by atoms with Gasteiger partial charge in [0.25, 0.3) is 0 Å². The van der Waals surface area contributed by atoms with Gasteiger partial charge in [-0.3, -0.25) is 4.79 Å². The summed E-state index contributed by atoms with van der Waals surface area (Å²) in [5.41, 5.74) is 0.300. The quantitative estimate of drug-likeness (QED) is 0.867. The summed E-state index contributed by atoms with van der Waals surface area (Å²) in [5.74, 6) is 2.55. The summed E-state index contributed by atoms with van der Waals surface area (Å²) >= 11 is 0. The van der Waals surface area contributed by atoms with Crippen LogP contribution in [0.2, 0.25) is 0 Å². The maximum absolute atomic E-state index is 12.2. The Morgan fingerprint density at radius 1 is 1.18 bits per heavy atom. The van der Waals surface area contributed by atoms with E-state index in [1.54, 1.807) is 7.05 Å². The van der Waals surface area contributed by atoms with Crippen LogP contribution in [0.5, 0.6) is 0 Å². The van der Waals surface area contributed by atoms with Gasteiger partial charge in [-0.25, -0.2) is 4.79 Å². The number of carbonyl (C=O) groups is 2. The van der Waals surface area contributed by atoms with E-state index in [0.717, 1.165) is 17.8 Å². The van der Waals surface area contributed by atoms with Crippen LogP contribution in [0.4, 0.5) is 4.79 Å². The number of ether oxygens (including phenoxy) is 1. The Hall–Kier alpha value is -1.26. The third kappa shape index (κ3) is 2.82. The lowest BCUT2D eigenvalue weighted by molar-refractivity contribution is -0.126. The van der Waals surface area contributed by atoms with Crippen LogP contribution in [0.3, 0.4) is 0 Å². The average molecular weight is 308 g/mol. The summed E-state index contributed by atoms with van der Waals surface area (Å²) in [6.07, 6.45) is 7.56. The molecule has 0 saturated heterocycles. The molecule has 0 heterocycles. The molecule has 4 aliphatic carbocycles. The van der Waals surface area contributed by atoms with Gasteiger partial charge in [-0.05, 0) is 68.6 Å². The van der Waals surface area contributed by atoms with E-state index in [1.165, 1.54) is 50.5 Å². The molecule has 2 amide bonds. The van der Waals surface area contributed by atoms with Gasteiger partial charge in [0.2, 0.25) is 5.91 Å². The predicted molar refractivity (Wildman–Crippen MR) is 83.2 cm³/mol. The van der Waals surface area contributed by atoms with Crippen LogP contribution >= 0.6 is 0 Å². The van der Waals surface area contributed by atoms with E-state index in [1.807, 2.05) is 0 Å². The zero-order valence-electron chi connectivity index (χ0n) is 13.9. The minimum Gasteiger partial charge on any atom is -0.453 e. The van der Waals surface area contributed by atoms with Crippen LogP contribution in [0.25, 0.3) is 0 Å². The first-order valence-electron chi connectivity index (χ1n) is 8.50. The third-order valence-electron chi connectivity index (χ3n) is 6.25. The van der Waals surface area contributed by atoms with Crippen molar-refractivity contribution >= 4 is 12.0 Å². The van der Waals surface area contributed by atoms with Crippen molar-refractivity contribution in [1.29, 1.82) is 0 Å². The molecule has 4 bridgehead atoms. The predicted octanol–water partition coefficient (Wildman–Crippen LogP) is 2.41. The highest BCUT2D eigenvalue weighted by molar-refractivity contribution is 5.82. The van der Waals surface area contributed by atoms with E-state index in [2.05, 4.69) is 17.0 Å². The van der Waals surface area contributed by atoms with Crippen molar-refractivity contribution in [3.8, 4) is 0 Å². The van der Waals surface area contributed by atoms with Gasteiger partial charge in [-0.15, -0.1) is 0 Å². The lowest BCUT2D eigenvalue weighted by atomic mass is 9.48. The van der Waals surface area contributed by atoms with E-state index < -0.39 is 6.09 Å². The minimum atomic E-state index is -0.474. The number of methoxy groups -OCH3 is 1. The number of rotatable bonds is 4. The van der Waals surface area contributed by atoms with Crippen LogP contribution in [-0.2, 0) is 9.53 Å². The number of amides is 2. The average Bonchev–Trinajstić information content (AvgIpc) is 2.44. The fraction of sp³-hybridized carbons (Fsp3) is 0.882. The molecule has 1 N–H and O–H groups in total. The number of hydrogen-bond acceptors (Lipinski definition) is 3. The summed E-state index contributed by atoms with van der Waals surface area (Å²) in [6, 6.07) is 0.194. The van der Waals surface area contributed by atoms with E-state index >= 15 is 0 Å². The molecule has 0 aromatic rings. The molecule has 4 rings (SSSR count). The van der Waals surface area contributed by atoms with Crippen molar-refractivity contribution in [2.45, 2.75) is 51.5 Å². The molecule has 22 heavy (non-hydrogen) atoms. The summed E-state index contributed by atoms with van der Waals surface area (Å²) < 4.78 is 4.63. The second-order valence-electron chi connectivity index (χ2n) is 7.90. The topological polar surface area (TPSA) is 58.6 Å². The molecule has 0 aliphatic heterocycles. The molecule has 0 aromatic heterocycles. The maximum Gasteiger partial charge on any atom is 0.409 e. The lowest BCUT2D eigenvalue weighted by Gasteiger charge is -2.59. The van der Waals surface area contributed by atoms with Gasteiger partial charge >= 0.3 is 6.09 Å². The Balaban J connectivity index is 1.59. The number of hydrogen-bond donors (Lipinski definition) is 1. The molecule has 4 saturated carbocycles. The molecule has 5 nitrogen and oxygen atoms in total. The highest BCUT2D eigenvalue weighted by Crippen LogP contribution is 2.61. The zero-order valence-corrected chi connectivity index (χ0v) is 13.9. The van der Waals surface area contributed by atoms with Crippen molar-refractivity contribution < 1.29 is 14.3 Å². The summed E-state index contributed by atoms with van der Waals surface area (Å²) in [6.45, 7) is 2.21. The molecule has 4 aliphatic rings. The van der Waals surface area contributed by atoms with Gasteiger partial charge in [0.15, 0.2) is 0 Å². The van der Waals surface area contributed by atoms with Crippen molar-refractivity contribution in [2.75, 3.05) is 20.7 Å². The number of nitrogens with zero attached hydrogens (tertiary/aromatic N) is 1. The van der Waals surface area contributed by atoms with Crippen molar-refractivity contribution in [1.82, 2.24) is 10.2 Å². The SMILES string of the molecule is COC(=O)N(C)CC(=O)N[C@H](C)C12CC3CC(CC(C3)C1)C2. The standard InChI is InChI=1S/C17H28N2O3/c1-11(18-15(20)10-19(2)16(21)22-3)17-7-12-4-13(8-17)6-14(5-12)9-17/h11-14H,4-10H2,1-3H3,(H,18,20)/t11-,12?,13?,14?,17?/m1/s1. The second-order valence-corrected chi connectivity index (χ2v) is 7.90. The van der Waals surface area contributed by atoms with Crippen LogP contribution in [0.1, 0.15) is 45.4 Å². The summed E-state index contributed by atoms with van der Waals surface area (Å²) in [5, 5.41) is 3.16. The molecule has 1 atom stereocenters. The van der Waals surface area contributed by atoms with Crippen LogP contribution in [0, 0.1) is 23.2 Å². The first-order valence-corrected chi connectivity index (χ1v) is 8.50. The first-order chi connectivity index (χ1) is 10.4. The highest BCUT2D eigenvalue weighted by atomic mass is 16.5. The molecular formula is C17H28N2O3. The number of carbonyl (C=O) groups excluding carboxylic acids is 2. The van der Waals surface area contributed by atoms with Crippen LogP contribution < -0.4 is 5.32 Å². The van der Waals surface area contributed by atoms with Gasteiger partial charge < -0.3 is 15.0 Å². The van der Waals surface area contributed by atoms with E-state index in [0.29, 0.717) is 5.41 Å². The minimum absolute atomic E-state index is 0.0589. The van der Waals surface area contributed by atoms with Gasteiger partial charge in [-0.2, -0.15) is 0 Å². The monoisotopic (exact) mass is 308 g/mol. The zero-order chi connectivity index (χ0) is 15.9. The second kappa shape index (κ2) is 5.74. The number of likely N-dealkylation sites (N-methyl/N-ethyl adjacent to an activating group) is 1. The molecule has 0 aromatic carbocycles. The van der Waals surface area contributed by atoms with E-state index in [4.69, 9.17) is 0 Å². The largest absolute Gasteiger partial charge is 0.453 e. The first kappa shape index (κ1) is 15.6. The molecule has 5 heteroatoms. The highest BCUT2D eigenvalue weighted by Gasteiger charge is 2.53. The molecular weight excluding hydrogens is 280 g/mol. The Morgan fingerprint density at radius 2 is 1.68 bits per heavy atom. The van der Waals surface area contributed by atoms with Crippen molar-refractivity contribution in [2.24, 2.45) is 23.2 Å². The summed E-state index contributed by atoms with van der Waals surface area (Å²) in [7, 11) is 2.91. The maximum atomic E-state index is 12.2. The van der Waals surface area contributed by atoms with E-state index in [9.17, 15) is 9.59 Å². The third-order valence-corrected chi connectivity index (χ3v) is 6.25. The Labute approximate surface area is 132 Å². The van der Waals surface area contributed by atoms with Crippen molar-refractivity contribution in [3.63, 3.8) is 0 Å². The van der Waals surface area contributed by atoms with Gasteiger partial charge in [0, 0.05) is 13.1 Å². The van der Waals surface area contributed by atoms with Crippen LogP contribution in [0.15, 0.2) is 0 Å². The molecule has 4 fully saturated rings. The molecule has 0 unspecified atom stereocenters. The molecule has 124 valence electrons. The van der Waals surface area contributed by atoms with Gasteiger partial charge in [-0.1, -0.05) is 0 Å². The lowest BCUT2D eigenvalue weighted by Crippen LogP contribution is -2.56. The molecule has 0 spiro atoms.